The van der Waals surface area contributed by atoms with Crippen LogP contribution in [0.1, 0.15) is 12.5 Å². The first kappa shape index (κ1) is 17.5. The zero-order chi connectivity index (χ0) is 17.6. The Morgan fingerprint density at radius 1 is 1.36 bits per heavy atom. The predicted molar refractivity (Wildman–Crippen MR) is 99.9 cm³/mol. The highest BCUT2D eigenvalue weighted by Crippen LogP contribution is 2.25. The SMILES string of the molecule is COc1ccc(CNC(=O)[C@@H](C)Sc2n[nH]c(-c3cccs3)n2)cc1. The number of carbonyl (C=O) groups is 1. The molecule has 2 aromatic heterocycles. The maximum atomic E-state index is 12.3. The fourth-order valence-electron chi connectivity index (χ4n) is 2.11. The van der Waals surface area contributed by atoms with Crippen LogP contribution in [0.15, 0.2) is 46.9 Å². The Balaban J connectivity index is 1.52. The van der Waals surface area contributed by atoms with E-state index in [1.54, 1.807) is 18.4 Å². The van der Waals surface area contributed by atoms with Gasteiger partial charge in [0, 0.05) is 6.54 Å². The summed E-state index contributed by atoms with van der Waals surface area (Å²) in [4.78, 5) is 17.7. The zero-order valence-corrected chi connectivity index (χ0v) is 15.5. The Morgan fingerprint density at radius 3 is 2.84 bits per heavy atom. The maximum Gasteiger partial charge on any atom is 0.233 e. The summed E-state index contributed by atoms with van der Waals surface area (Å²) in [6.07, 6.45) is 0. The van der Waals surface area contributed by atoms with Gasteiger partial charge in [-0.05, 0) is 36.1 Å². The average molecular weight is 374 g/mol. The second-order valence-electron chi connectivity index (χ2n) is 5.27. The molecule has 6 nitrogen and oxygen atoms in total. The van der Waals surface area contributed by atoms with Gasteiger partial charge in [-0.1, -0.05) is 30.0 Å². The van der Waals surface area contributed by atoms with Crippen LogP contribution in [0.2, 0.25) is 0 Å². The Kier molecular flexibility index (Phi) is 5.72. The van der Waals surface area contributed by atoms with Gasteiger partial charge in [-0.2, -0.15) is 0 Å². The molecule has 0 radical (unpaired) electrons. The van der Waals surface area contributed by atoms with Gasteiger partial charge in [0.05, 0.1) is 17.2 Å². The van der Waals surface area contributed by atoms with Crippen LogP contribution < -0.4 is 10.1 Å². The molecule has 8 heteroatoms. The number of carbonyl (C=O) groups excluding carboxylic acids is 1. The number of nitrogens with one attached hydrogen (secondary N) is 2. The van der Waals surface area contributed by atoms with E-state index in [1.165, 1.54) is 11.8 Å². The molecular formula is C17H18N4O2S2. The molecule has 0 saturated heterocycles. The van der Waals surface area contributed by atoms with Crippen LogP contribution in [-0.2, 0) is 11.3 Å². The van der Waals surface area contributed by atoms with E-state index < -0.39 is 0 Å². The number of hydrogen-bond acceptors (Lipinski definition) is 6. The van der Waals surface area contributed by atoms with Gasteiger partial charge in [0.15, 0.2) is 5.82 Å². The molecule has 0 aliphatic carbocycles. The lowest BCUT2D eigenvalue weighted by Gasteiger charge is -2.10. The van der Waals surface area contributed by atoms with Crippen LogP contribution in [0.25, 0.3) is 10.7 Å². The van der Waals surface area contributed by atoms with Crippen molar-refractivity contribution in [1.82, 2.24) is 20.5 Å². The predicted octanol–water partition coefficient (Wildman–Crippen LogP) is 3.34. The van der Waals surface area contributed by atoms with Crippen LogP contribution in [0, 0.1) is 0 Å². The lowest BCUT2D eigenvalue weighted by molar-refractivity contribution is -0.120. The smallest absolute Gasteiger partial charge is 0.233 e. The number of hydrogen-bond donors (Lipinski definition) is 2. The quantitative estimate of drug-likeness (QED) is 0.620. The Bertz CT molecular complexity index is 816. The summed E-state index contributed by atoms with van der Waals surface area (Å²) >= 11 is 2.92. The van der Waals surface area contributed by atoms with Gasteiger partial charge >= 0.3 is 0 Å². The minimum atomic E-state index is -0.287. The summed E-state index contributed by atoms with van der Waals surface area (Å²) in [6, 6.07) is 11.5. The zero-order valence-electron chi connectivity index (χ0n) is 13.9. The number of rotatable bonds is 7. The number of nitrogens with zero attached hydrogens (tertiary/aromatic N) is 2. The third-order valence-electron chi connectivity index (χ3n) is 3.50. The second kappa shape index (κ2) is 8.17. The molecule has 130 valence electrons. The van der Waals surface area contributed by atoms with E-state index in [2.05, 4.69) is 20.5 Å². The number of methoxy groups -OCH3 is 1. The van der Waals surface area contributed by atoms with Gasteiger partial charge in [0.1, 0.15) is 5.75 Å². The molecule has 0 spiro atoms. The van der Waals surface area contributed by atoms with E-state index >= 15 is 0 Å². The van der Waals surface area contributed by atoms with Gasteiger partial charge in [0.2, 0.25) is 11.1 Å². The third-order valence-corrected chi connectivity index (χ3v) is 5.33. The number of thiophene rings is 1. The lowest BCUT2D eigenvalue weighted by atomic mass is 10.2. The van der Waals surface area contributed by atoms with E-state index in [0.29, 0.717) is 11.7 Å². The summed E-state index contributed by atoms with van der Waals surface area (Å²) < 4.78 is 5.12. The molecular weight excluding hydrogens is 356 g/mol. The Hall–Kier alpha value is -2.32. The first-order valence-electron chi connectivity index (χ1n) is 7.69. The molecule has 2 N–H and O–H groups in total. The molecule has 25 heavy (non-hydrogen) atoms. The molecule has 2 heterocycles. The largest absolute Gasteiger partial charge is 0.497 e. The molecule has 0 bridgehead atoms. The average Bonchev–Trinajstić information content (AvgIpc) is 3.31. The van der Waals surface area contributed by atoms with Crippen LogP contribution in [0.4, 0.5) is 0 Å². The monoisotopic (exact) mass is 374 g/mol. The van der Waals surface area contributed by atoms with Crippen LogP contribution in [0.3, 0.4) is 0 Å². The molecule has 3 rings (SSSR count). The molecule has 1 atom stereocenters. The van der Waals surface area contributed by atoms with Crippen molar-refractivity contribution < 1.29 is 9.53 Å². The summed E-state index contributed by atoms with van der Waals surface area (Å²) in [7, 11) is 1.63. The van der Waals surface area contributed by atoms with Crippen molar-refractivity contribution in [1.29, 1.82) is 0 Å². The fourth-order valence-corrected chi connectivity index (χ4v) is 3.52. The standard InChI is InChI=1S/C17H18N4O2S2/c1-11(16(22)18-10-12-5-7-13(23-2)8-6-12)25-17-19-15(20-21-17)14-4-3-9-24-14/h3-9,11H,10H2,1-2H3,(H,18,22)(H,19,20,21)/t11-/m1/s1. The van der Waals surface area contributed by atoms with Gasteiger partial charge in [-0.25, -0.2) is 4.98 Å². The number of ether oxygens (including phenoxy) is 1. The van der Waals surface area contributed by atoms with Crippen molar-refractivity contribution in [2.75, 3.05) is 7.11 Å². The maximum absolute atomic E-state index is 12.3. The number of thioether (sulfide) groups is 1. The number of H-pyrrole nitrogens is 1. The first-order valence-corrected chi connectivity index (χ1v) is 9.45. The van der Waals surface area contributed by atoms with Crippen LogP contribution >= 0.6 is 23.1 Å². The number of aromatic nitrogens is 3. The van der Waals surface area contributed by atoms with Crippen molar-refractivity contribution in [3.05, 3.63) is 47.3 Å². The molecule has 1 amide bonds. The van der Waals surface area contributed by atoms with E-state index in [4.69, 9.17) is 4.74 Å². The highest BCUT2D eigenvalue weighted by atomic mass is 32.2. The highest BCUT2D eigenvalue weighted by Gasteiger charge is 2.17. The van der Waals surface area contributed by atoms with Crippen molar-refractivity contribution >= 4 is 29.0 Å². The molecule has 3 aromatic rings. The summed E-state index contributed by atoms with van der Waals surface area (Å²) in [6.45, 7) is 2.32. The fraction of sp³-hybridized carbons (Fsp3) is 0.235. The van der Waals surface area contributed by atoms with Gasteiger partial charge in [-0.3, -0.25) is 9.89 Å². The minimum Gasteiger partial charge on any atom is -0.497 e. The van der Waals surface area contributed by atoms with Crippen molar-refractivity contribution in [2.45, 2.75) is 23.9 Å². The van der Waals surface area contributed by atoms with E-state index in [-0.39, 0.29) is 11.2 Å². The summed E-state index contributed by atoms with van der Waals surface area (Å²) in [5.74, 6) is 1.47. The highest BCUT2D eigenvalue weighted by molar-refractivity contribution is 8.00. The van der Waals surface area contributed by atoms with Crippen molar-refractivity contribution in [2.24, 2.45) is 0 Å². The molecule has 0 fully saturated rings. The van der Waals surface area contributed by atoms with Gasteiger partial charge < -0.3 is 10.1 Å². The molecule has 0 aliphatic rings. The lowest BCUT2D eigenvalue weighted by Crippen LogP contribution is -2.30. The minimum absolute atomic E-state index is 0.0525. The third kappa shape index (κ3) is 4.61. The normalized spacial score (nSPS) is 11.9. The van der Waals surface area contributed by atoms with E-state index in [1.807, 2.05) is 48.7 Å². The molecule has 1 aromatic carbocycles. The van der Waals surface area contributed by atoms with Crippen LogP contribution in [-0.4, -0.2) is 33.4 Å². The summed E-state index contributed by atoms with van der Waals surface area (Å²) in [5, 5.41) is 12.3. The van der Waals surface area contributed by atoms with Gasteiger partial charge in [0.25, 0.3) is 0 Å². The molecule has 0 aliphatic heterocycles. The van der Waals surface area contributed by atoms with Crippen LogP contribution in [0.5, 0.6) is 5.75 Å². The number of amides is 1. The second-order valence-corrected chi connectivity index (χ2v) is 7.53. The molecule has 0 unspecified atom stereocenters. The van der Waals surface area contributed by atoms with Crippen molar-refractivity contribution in [3.8, 4) is 16.5 Å². The van der Waals surface area contributed by atoms with Gasteiger partial charge in [-0.15, -0.1) is 16.4 Å². The van der Waals surface area contributed by atoms with E-state index in [0.717, 1.165) is 22.0 Å². The van der Waals surface area contributed by atoms with Crippen molar-refractivity contribution in [3.63, 3.8) is 0 Å². The first-order chi connectivity index (χ1) is 12.2. The Morgan fingerprint density at radius 2 is 2.16 bits per heavy atom. The molecule has 0 saturated carbocycles. The number of aromatic amines is 1. The van der Waals surface area contributed by atoms with E-state index in [9.17, 15) is 4.79 Å². The topological polar surface area (TPSA) is 79.9 Å². The Labute approximate surface area is 154 Å². The summed E-state index contributed by atoms with van der Waals surface area (Å²) in [5.41, 5.74) is 1.02. The number of benzene rings is 1.